The molecular weight excluding hydrogens is 316 g/mol. The van der Waals surface area contributed by atoms with Crippen molar-refractivity contribution in [3.63, 3.8) is 0 Å². The van der Waals surface area contributed by atoms with E-state index in [0.717, 1.165) is 23.6 Å². The summed E-state index contributed by atoms with van der Waals surface area (Å²) >= 11 is 0. The summed E-state index contributed by atoms with van der Waals surface area (Å²) in [4.78, 5) is 11.6. The molecule has 2 aromatic rings. The summed E-state index contributed by atoms with van der Waals surface area (Å²) in [5.41, 5.74) is 5.73. The Bertz CT molecular complexity index is 840. The minimum Gasteiger partial charge on any atom is -0.366 e. The Balaban J connectivity index is 1.96. The van der Waals surface area contributed by atoms with E-state index in [9.17, 15) is 13.2 Å². The molecule has 1 aliphatic carbocycles. The maximum atomic E-state index is 12.8. The topological polar surface area (TPSA) is 98.3 Å². The Morgan fingerprint density at radius 2 is 2.04 bits per heavy atom. The molecule has 1 amide bonds. The summed E-state index contributed by atoms with van der Waals surface area (Å²) in [5.74, 6) is -0.673. The number of amides is 1. The fraction of sp³-hybridized carbons (Fsp3) is 0.333. The summed E-state index contributed by atoms with van der Waals surface area (Å²) in [7, 11) is -2.40. The van der Waals surface area contributed by atoms with Gasteiger partial charge in [-0.25, -0.2) is 8.42 Å². The predicted octanol–water partition coefficient (Wildman–Crippen LogP) is 1.53. The number of hydrogen-bond donors (Lipinski definition) is 1. The van der Waals surface area contributed by atoms with E-state index in [1.54, 1.807) is 29.1 Å². The highest BCUT2D eigenvalue weighted by atomic mass is 32.2. The molecule has 1 aliphatic rings. The normalized spacial score (nSPS) is 15.2. The average Bonchev–Trinajstić information content (AvgIpc) is 2.94. The molecular formula is C15H18N4O3S. The fourth-order valence-corrected chi connectivity index (χ4v) is 3.70. The van der Waals surface area contributed by atoms with Crippen LogP contribution >= 0.6 is 0 Å². The number of para-hydroxylation sites is 1. The summed E-state index contributed by atoms with van der Waals surface area (Å²) in [6.07, 6.45) is 6.06. The van der Waals surface area contributed by atoms with Gasteiger partial charge >= 0.3 is 0 Å². The molecule has 7 nitrogen and oxygen atoms in total. The lowest BCUT2D eigenvalue weighted by atomic mass is 9.93. The molecule has 0 spiro atoms. The number of sulfonamides is 1. The van der Waals surface area contributed by atoms with E-state index >= 15 is 0 Å². The van der Waals surface area contributed by atoms with E-state index in [-0.39, 0.29) is 22.2 Å². The molecule has 0 unspecified atom stereocenters. The SMILES string of the molecule is CN(c1ccccc1C(N)=O)S(=O)(=O)c1cnn(C2CCC2)c1. The van der Waals surface area contributed by atoms with Crippen molar-refractivity contribution in [2.45, 2.75) is 30.2 Å². The second-order valence-corrected chi connectivity index (χ2v) is 7.56. The highest BCUT2D eigenvalue weighted by molar-refractivity contribution is 7.92. The molecule has 3 rings (SSSR count). The first-order valence-electron chi connectivity index (χ1n) is 7.33. The monoisotopic (exact) mass is 334 g/mol. The van der Waals surface area contributed by atoms with Crippen LogP contribution in [0.3, 0.4) is 0 Å². The Hall–Kier alpha value is -2.35. The second-order valence-electron chi connectivity index (χ2n) is 5.59. The molecule has 0 bridgehead atoms. The maximum Gasteiger partial charge on any atom is 0.267 e. The minimum atomic E-state index is -3.80. The van der Waals surface area contributed by atoms with E-state index in [0.29, 0.717) is 0 Å². The Morgan fingerprint density at radius 3 is 2.65 bits per heavy atom. The maximum absolute atomic E-state index is 12.8. The van der Waals surface area contributed by atoms with Crippen LogP contribution in [0, 0.1) is 0 Å². The molecule has 1 aromatic carbocycles. The Labute approximate surface area is 134 Å². The summed E-state index contributed by atoms with van der Waals surface area (Å²) in [6.45, 7) is 0. The number of primary amides is 1. The average molecular weight is 334 g/mol. The summed E-state index contributed by atoms with van der Waals surface area (Å²) in [6, 6.07) is 6.63. The van der Waals surface area contributed by atoms with Crippen molar-refractivity contribution in [2.24, 2.45) is 5.73 Å². The van der Waals surface area contributed by atoms with Gasteiger partial charge in [0.2, 0.25) is 0 Å². The molecule has 1 heterocycles. The Morgan fingerprint density at radius 1 is 1.35 bits per heavy atom. The lowest BCUT2D eigenvalue weighted by molar-refractivity contribution is 0.100. The van der Waals surface area contributed by atoms with Crippen molar-refractivity contribution < 1.29 is 13.2 Å². The molecule has 122 valence electrons. The van der Waals surface area contributed by atoms with Gasteiger partial charge in [-0.15, -0.1) is 0 Å². The zero-order valence-corrected chi connectivity index (χ0v) is 13.5. The van der Waals surface area contributed by atoms with Gasteiger partial charge in [-0.1, -0.05) is 12.1 Å². The van der Waals surface area contributed by atoms with Gasteiger partial charge in [0.25, 0.3) is 15.9 Å². The molecule has 8 heteroatoms. The van der Waals surface area contributed by atoms with E-state index in [1.165, 1.54) is 19.3 Å². The highest BCUT2D eigenvalue weighted by Gasteiger charge is 2.28. The molecule has 1 aromatic heterocycles. The van der Waals surface area contributed by atoms with Gasteiger partial charge in [0.05, 0.1) is 23.5 Å². The van der Waals surface area contributed by atoms with Crippen LogP contribution in [-0.2, 0) is 10.0 Å². The standard InChI is InChI=1S/C15H18N4O3S/c1-18(14-8-3-2-7-13(14)15(16)20)23(21,22)12-9-17-19(10-12)11-5-4-6-11/h2-3,7-11H,4-6H2,1H3,(H2,16,20). The smallest absolute Gasteiger partial charge is 0.267 e. The first-order valence-corrected chi connectivity index (χ1v) is 8.77. The largest absolute Gasteiger partial charge is 0.366 e. The highest BCUT2D eigenvalue weighted by Crippen LogP contribution is 2.32. The first kappa shape index (κ1) is 15.5. The second kappa shape index (κ2) is 5.69. The minimum absolute atomic E-state index is 0.103. The first-order chi connectivity index (χ1) is 10.9. The molecule has 0 radical (unpaired) electrons. The molecule has 0 atom stereocenters. The predicted molar refractivity (Wildman–Crippen MR) is 85.7 cm³/mol. The third-order valence-corrected chi connectivity index (χ3v) is 5.92. The number of benzene rings is 1. The van der Waals surface area contributed by atoms with Crippen molar-refractivity contribution in [3.05, 3.63) is 42.2 Å². The van der Waals surface area contributed by atoms with Crippen molar-refractivity contribution >= 4 is 21.6 Å². The van der Waals surface area contributed by atoms with Gasteiger partial charge in [-0.05, 0) is 31.4 Å². The number of nitrogens with zero attached hydrogens (tertiary/aromatic N) is 3. The number of anilines is 1. The van der Waals surface area contributed by atoms with Crippen molar-refractivity contribution in [1.82, 2.24) is 9.78 Å². The lowest BCUT2D eigenvalue weighted by Gasteiger charge is -2.25. The van der Waals surface area contributed by atoms with Crippen LogP contribution in [-0.4, -0.2) is 31.2 Å². The molecule has 1 fully saturated rings. The van der Waals surface area contributed by atoms with E-state index in [4.69, 9.17) is 5.73 Å². The van der Waals surface area contributed by atoms with Crippen LogP contribution in [0.5, 0.6) is 0 Å². The molecule has 0 saturated heterocycles. The molecule has 23 heavy (non-hydrogen) atoms. The third kappa shape index (κ3) is 2.70. The quantitative estimate of drug-likeness (QED) is 0.896. The number of rotatable bonds is 5. The number of carbonyl (C=O) groups excluding carboxylic acids is 1. The van der Waals surface area contributed by atoms with E-state index in [1.807, 2.05) is 0 Å². The van der Waals surface area contributed by atoms with Crippen LogP contribution in [0.15, 0.2) is 41.6 Å². The van der Waals surface area contributed by atoms with Crippen molar-refractivity contribution in [2.75, 3.05) is 11.4 Å². The zero-order chi connectivity index (χ0) is 16.6. The summed E-state index contributed by atoms with van der Waals surface area (Å²) in [5, 5.41) is 4.16. The van der Waals surface area contributed by atoms with Crippen LogP contribution in [0.2, 0.25) is 0 Å². The fourth-order valence-electron chi connectivity index (χ4n) is 2.55. The number of nitrogens with two attached hydrogens (primary N) is 1. The van der Waals surface area contributed by atoms with Crippen LogP contribution in [0.25, 0.3) is 0 Å². The molecule has 2 N–H and O–H groups in total. The van der Waals surface area contributed by atoms with Gasteiger partial charge in [-0.2, -0.15) is 5.10 Å². The summed E-state index contributed by atoms with van der Waals surface area (Å²) < 4.78 is 28.3. The van der Waals surface area contributed by atoms with Crippen LogP contribution < -0.4 is 10.0 Å². The van der Waals surface area contributed by atoms with Crippen LogP contribution in [0.4, 0.5) is 5.69 Å². The van der Waals surface area contributed by atoms with Crippen molar-refractivity contribution in [1.29, 1.82) is 0 Å². The number of hydrogen-bond acceptors (Lipinski definition) is 4. The lowest BCUT2D eigenvalue weighted by Crippen LogP contribution is -2.29. The van der Waals surface area contributed by atoms with Gasteiger partial charge in [0, 0.05) is 13.2 Å². The molecule has 0 aliphatic heterocycles. The van der Waals surface area contributed by atoms with Crippen molar-refractivity contribution in [3.8, 4) is 0 Å². The number of aromatic nitrogens is 2. The molecule has 1 saturated carbocycles. The van der Waals surface area contributed by atoms with Gasteiger partial charge in [-0.3, -0.25) is 13.8 Å². The third-order valence-electron chi connectivity index (χ3n) is 4.19. The van der Waals surface area contributed by atoms with E-state index < -0.39 is 15.9 Å². The van der Waals surface area contributed by atoms with Gasteiger partial charge in [0.1, 0.15) is 4.90 Å². The van der Waals surface area contributed by atoms with Gasteiger partial charge < -0.3 is 5.73 Å². The Kier molecular flexibility index (Phi) is 3.85. The number of carbonyl (C=O) groups is 1. The van der Waals surface area contributed by atoms with Crippen LogP contribution in [0.1, 0.15) is 35.7 Å². The van der Waals surface area contributed by atoms with Gasteiger partial charge in [0.15, 0.2) is 0 Å². The van der Waals surface area contributed by atoms with E-state index in [2.05, 4.69) is 5.10 Å². The zero-order valence-electron chi connectivity index (χ0n) is 12.7.